The Morgan fingerprint density at radius 1 is 1.06 bits per heavy atom. The Bertz CT molecular complexity index is 982. The lowest BCUT2D eigenvalue weighted by Gasteiger charge is -2.26. The molecular weight excluding hydrogens is 435 g/mol. The summed E-state index contributed by atoms with van der Waals surface area (Å²) >= 11 is 0. The van der Waals surface area contributed by atoms with Gasteiger partial charge in [-0.2, -0.15) is 8.78 Å². The number of carbonyl (C=O) groups is 1. The van der Waals surface area contributed by atoms with E-state index in [9.17, 15) is 28.3 Å². The number of benzene rings is 2. The fraction of sp³-hybridized carbons (Fsp3) is 0.250. The second kappa shape index (κ2) is 10.4. The molecule has 0 saturated heterocycles. The van der Waals surface area contributed by atoms with E-state index in [1.165, 1.54) is 56.3 Å². The zero-order valence-corrected chi connectivity index (χ0v) is 17.6. The second-order valence-electron chi connectivity index (χ2n) is 6.00. The van der Waals surface area contributed by atoms with Gasteiger partial charge in [-0.15, -0.1) is 0 Å². The van der Waals surface area contributed by atoms with E-state index in [4.69, 9.17) is 13.8 Å². The van der Waals surface area contributed by atoms with E-state index in [1.54, 1.807) is 0 Å². The van der Waals surface area contributed by atoms with Crippen LogP contribution in [0, 0.1) is 10.1 Å². The third-order valence-electron chi connectivity index (χ3n) is 3.88. The normalized spacial score (nSPS) is 12.1. The van der Waals surface area contributed by atoms with Crippen molar-refractivity contribution in [3.05, 3.63) is 75.8 Å². The van der Waals surface area contributed by atoms with Gasteiger partial charge in [-0.3, -0.25) is 14.7 Å². The maximum atomic E-state index is 14.7. The molecule has 2 aromatic carbocycles. The first-order valence-corrected chi connectivity index (χ1v) is 10.7. The molecule has 0 heterocycles. The molecule has 0 bridgehead atoms. The minimum absolute atomic E-state index is 0.109. The molecule has 11 heteroatoms. The molecule has 0 aliphatic heterocycles. The van der Waals surface area contributed by atoms with Crippen LogP contribution in [0.25, 0.3) is 6.08 Å². The third kappa shape index (κ3) is 6.04. The van der Waals surface area contributed by atoms with Crippen molar-refractivity contribution in [2.75, 3.05) is 13.2 Å². The molecule has 0 radical (unpaired) electrons. The van der Waals surface area contributed by atoms with Crippen LogP contribution in [0.5, 0.6) is 5.75 Å². The Morgan fingerprint density at radius 3 is 2.10 bits per heavy atom. The lowest BCUT2D eigenvalue weighted by Crippen LogP contribution is -2.18. The van der Waals surface area contributed by atoms with Gasteiger partial charge in [0.2, 0.25) is 0 Å². The van der Waals surface area contributed by atoms with E-state index in [0.29, 0.717) is 5.56 Å². The van der Waals surface area contributed by atoms with Gasteiger partial charge in [0, 0.05) is 23.8 Å². The molecule has 0 spiro atoms. The number of hydrogen-bond donors (Lipinski definition) is 0. The summed E-state index contributed by atoms with van der Waals surface area (Å²) in [4.78, 5) is 21.9. The molecule has 0 fully saturated rings. The number of rotatable bonds is 10. The third-order valence-corrected chi connectivity index (χ3v) is 6.02. The highest BCUT2D eigenvalue weighted by Crippen LogP contribution is 2.66. The molecule has 31 heavy (non-hydrogen) atoms. The van der Waals surface area contributed by atoms with Gasteiger partial charge in [-0.25, -0.2) is 4.79 Å². The van der Waals surface area contributed by atoms with Crippen LogP contribution in [-0.2, 0) is 24.1 Å². The average molecular weight is 455 g/mol. The summed E-state index contributed by atoms with van der Waals surface area (Å²) < 4.78 is 56.4. The van der Waals surface area contributed by atoms with Crippen molar-refractivity contribution in [2.24, 2.45) is 0 Å². The Morgan fingerprint density at radius 2 is 1.61 bits per heavy atom. The monoisotopic (exact) mass is 455 g/mol. The number of nitrogens with zero attached hydrogens (tertiary/aromatic N) is 1. The topological polar surface area (TPSA) is 105 Å². The second-order valence-corrected chi connectivity index (χ2v) is 8.07. The number of non-ortho nitro benzene ring substituents is 1. The Kier molecular flexibility index (Phi) is 8.15. The van der Waals surface area contributed by atoms with Gasteiger partial charge in [-0.05, 0) is 37.6 Å². The fourth-order valence-corrected chi connectivity index (χ4v) is 3.99. The number of carbonyl (C=O) groups excluding carboxylic acids is 1. The van der Waals surface area contributed by atoms with Crippen LogP contribution in [0.2, 0.25) is 0 Å². The maximum Gasteiger partial charge on any atom is 0.404 e. The van der Waals surface area contributed by atoms with Gasteiger partial charge in [-0.1, -0.05) is 24.3 Å². The summed E-state index contributed by atoms with van der Waals surface area (Å²) in [6.45, 7) is 2.46. The molecule has 0 aliphatic carbocycles. The maximum absolute atomic E-state index is 14.7. The number of halogens is 2. The van der Waals surface area contributed by atoms with Crippen molar-refractivity contribution in [1.29, 1.82) is 0 Å². The number of ether oxygens (including phenoxy) is 1. The molecule has 0 unspecified atom stereocenters. The molecule has 0 aromatic heterocycles. The van der Waals surface area contributed by atoms with Crippen molar-refractivity contribution in [1.82, 2.24) is 0 Å². The lowest BCUT2D eigenvalue weighted by atomic mass is 10.1. The summed E-state index contributed by atoms with van der Waals surface area (Å²) in [5.41, 5.74) is -4.15. The highest BCUT2D eigenvalue weighted by atomic mass is 31.2. The van der Waals surface area contributed by atoms with Crippen molar-refractivity contribution in [3.63, 3.8) is 0 Å². The van der Waals surface area contributed by atoms with Crippen molar-refractivity contribution in [3.8, 4) is 5.75 Å². The molecule has 2 rings (SSSR count). The van der Waals surface area contributed by atoms with E-state index in [2.05, 4.69) is 0 Å². The van der Waals surface area contributed by atoms with Gasteiger partial charge in [0.1, 0.15) is 5.75 Å². The molecule has 166 valence electrons. The van der Waals surface area contributed by atoms with Crippen molar-refractivity contribution >= 4 is 25.3 Å². The van der Waals surface area contributed by atoms with E-state index < -0.39 is 29.7 Å². The van der Waals surface area contributed by atoms with E-state index in [1.807, 2.05) is 0 Å². The Hall–Kier alpha value is -2.94. The molecule has 0 N–H and O–H groups in total. The predicted octanol–water partition coefficient (Wildman–Crippen LogP) is 5.53. The molecular formula is C20H20F2NO7P. The zero-order chi connectivity index (χ0) is 23.1. The number of nitro groups is 1. The van der Waals surface area contributed by atoms with Crippen LogP contribution in [0.1, 0.15) is 25.0 Å². The number of nitro benzene ring substituents is 1. The van der Waals surface area contributed by atoms with Crippen molar-refractivity contribution in [2.45, 2.75) is 19.5 Å². The van der Waals surface area contributed by atoms with E-state index >= 15 is 0 Å². The Balaban J connectivity index is 2.08. The van der Waals surface area contributed by atoms with Gasteiger partial charge < -0.3 is 13.8 Å². The van der Waals surface area contributed by atoms with Crippen LogP contribution in [0.3, 0.4) is 0 Å². The van der Waals surface area contributed by atoms with Gasteiger partial charge in [0.25, 0.3) is 5.69 Å². The minimum atomic E-state index is -4.71. The first-order valence-electron chi connectivity index (χ1n) is 9.15. The largest absolute Gasteiger partial charge is 0.423 e. The van der Waals surface area contributed by atoms with E-state index in [-0.39, 0.29) is 24.7 Å². The summed E-state index contributed by atoms with van der Waals surface area (Å²) in [7, 11) is -4.71. The molecule has 0 saturated carbocycles. The molecule has 8 nitrogen and oxygen atoms in total. The minimum Gasteiger partial charge on any atom is -0.423 e. The van der Waals surface area contributed by atoms with Crippen molar-refractivity contribution < 1.29 is 36.8 Å². The predicted molar refractivity (Wildman–Crippen MR) is 109 cm³/mol. The first-order chi connectivity index (χ1) is 14.6. The average Bonchev–Trinajstić information content (AvgIpc) is 2.73. The summed E-state index contributed by atoms with van der Waals surface area (Å²) in [6.07, 6.45) is 2.40. The zero-order valence-electron chi connectivity index (χ0n) is 16.7. The highest BCUT2D eigenvalue weighted by Gasteiger charge is 2.54. The summed E-state index contributed by atoms with van der Waals surface area (Å²) in [5, 5.41) is 10.6. The van der Waals surface area contributed by atoms with Crippen LogP contribution in [0.4, 0.5) is 14.5 Å². The van der Waals surface area contributed by atoms with Crippen LogP contribution < -0.4 is 4.74 Å². The fourth-order valence-electron chi connectivity index (χ4n) is 2.44. The summed E-state index contributed by atoms with van der Waals surface area (Å²) in [5.74, 6) is -0.654. The standard InChI is InChI=1S/C20H20F2NO7P/c1-3-28-31(27,29-4-2)20(21,22)16-8-5-15(6-9-16)7-14-19(24)30-18-12-10-17(11-13-18)23(25)26/h5-14H,3-4H2,1-2H3/b14-7+. The smallest absolute Gasteiger partial charge is 0.404 e. The van der Waals surface area contributed by atoms with E-state index in [0.717, 1.165) is 18.2 Å². The van der Waals surface area contributed by atoms with Gasteiger partial charge in [0.05, 0.1) is 18.1 Å². The van der Waals surface area contributed by atoms with Crippen LogP contribution in [0.15, 0.2) is 54.6 Å². The molecule has 0 amide bonds. The highest BCUT2D eigenvalue weighted by molar-refractivity contribution is 7.54. The first kappa shape index (κ1) is 24.3. The van der Waals surface area contributed by atoms with Gasteiger partial charge in [0.15, 0.2) is 0 Å². The number of esters is 1. The molecule has 0 atom stereocenters. The quantitative estimate of drug-likeness (QED) is 0.116. The van der Waals surface area contributed by atoms with Gasteiger partial charge >= 0.3 is 19.2 Å². The van der Waals surface area contributed by atoms with Crippen LogP contribution >= 0.6 is 7.60 Å². The SMILES string of the molecule is CCOP(=O)(OCC)C(F)(F)c1ccc(/C=C/C(=O)Oc2ccc([N+](=O)[O-])cc2)cc1. The summed E-state index contributed by atoms with van der Waals surface area (Å²) in [6, 6.07) is 9.66. The molecule has 0 aliphatic rings. The lowest BCUT2D eigenvalue weighted by molar-refractivity contribution is -0.384. The van der Waals surface area contributed by atoms with Crippen LogP contribution in [-0.4, -0.2) is 24.1 Å². The Labute approximate surface area is 177 Å². The molecule has 2 aromatic rings. The number of alkyl halides is 2. The number of hydrogen-bond acceptors (Lipinski definition) is 7.